The number of carbonyl (C=O) groups is 2. The third kappa shape index (κ3) is 2.55. The maximum atomic E-state index is 12.7. The monoisotopic (exact) mass is 272 g/mol. The Balaban J connectivity index is 1.72. The van der Waals surface area contributed by atoms with Crippen LogP contribution >= 0.6 is 0 Å². The molecule has 2 fully saturated rings. The molecule has 0 bridgehead atoms. The Morgan fingerprint density at radius 3 is 2.70 bits per heavy atom. The summed E-state index contributed by atoms with van der Waals surface area (Å²) in [6.45, 7) is 1.33. The number of piperidine rings is 1. The van der Waals surface area contributed by atoms with E-state index in [1.54, 1.807) is 0 Å². The smallest absolute Gasteiger partial charge is 0.227 e. The fourth-order valence-corrected chi connectivity index (χ4v) is 3.23. The van der Waals surface area contributed by atoms with Crippen LogP contribution in [0.25, 0.3) is 0 Å². The molecule has 4 nitrogen and oxygen atoms in total. The molecule has 106 valence electrons. The molecule has 2 aliphatic heterocycles. The molecule has 2 unspecified atom stereocenters. The van der Waals surface area contributed by atoms with Gasteiger partial charge in [0.1, 0.15) is 0 Å². The van der Waals surface area contributed by atoms with E-state index in [0.717, 1.165) is 19.4 Å². The molecule has 20 heavy (non-hydrogen) atoms. The minimum absolute atomic E-state index is 0.0444. The molecular formula is C16H20N2O2. The number of hydrogen-bond donors (Lipinski definition) is 1. The minimum atomic E-state index is -0.0444. The Kier molecular flexibility index (Phi) is 3.72. The summed E-state index contributed by atoms with van der Waals surface area (Å²) in [6.07, 6.45) is 3.25. The molecule has 3 rings (SSSR count). The predicted molar refractivity (Wildman–Crippen MR) is 75.9 cm³/mol. The van der Waals surface area contributed by atoms with E-state index in [0.29, 0.717) is 19.4 Å². The molecule has 2 aliphatic rings. The molecule has 1 aromatic rings. The lowest BCUT2D eigenvalue weighted by atomic mass is 9.96. The highest BCUT2D eigenvalue weighted by molar-refractivity contribution is 5.84. The molecule has 2 saturated heterocycles. The largest absolute Gasteiger partial charge is 0.355 e. The first-order valence-corrected chi connectivity index (χ1v) is 7.38. The van der Waals surface area contributed by atoms with Gasteiger partial charge in [-0.3, -0.25) is 9.59 Å². The quantitative estimate of drug-likeness (QED) is 0.893. The molecule has 2 amide bonds. The van der Waals surface area contributed by atoms with Crippen molar-refractivity contribution < 1.29 is 9.59 Å². The van der Waals surface area contributed by atoms with Crippen molar-refractivity contribution in [1.82, 2.24) is 10.2 Å². The lowest BCUT2D eigenvalue weighted by Crippen LogP contribution is -2.44. The summed E-state index contributed by atoms with van der Waals surface area (Å²) in [6, 6.07) is 10.5. The van der Waals surface area contributed by atoms with Crippen molar-refractivity contribution in [2.24, 2.45) is 5.92 Å². The first-order valence-electron chi connectivity index (χ1n) is 7.38. The summed E-state index contributed by atoms with van der Waals surface area (Å²) in [5.74, 6) is 0.225. The van der Waals surface area contributed by atoms with Gasteiger partial charge in [-0.25, -0.2) is 0 Å². The molecule has 0 saturated carbocycles. The van der Waals surface area contributed by atoms with Crippen LogP contribution < -0.4 is 5.32 Å². The van der Waals surface area contributed by atoms with Crippen molar-refractivity contribution in [3.05, 3.63) is 35.9 Å². The molecule has 0 aliphatic carbocycles. The van der Waals surface area contributed by atoms with Gasteiger partial charge in [-0.2, -0.15) is 0 Å². The highest BCUT2D eigenvalue weighted by Gasteiger charge is 2.35. The number of nitrogens with one attached hydrogen (secondary N) is 1. The Morgan fingerprint density at radius 1 is 1.20 bits per heavy atom. The fourth-order valence-electron chi connectivity index (χ4n) is 3.23. The number of hydrogen-bond acceptors (Lipinski definition) is 2. The Morgan fingerprint density at radius 2 is 2.00 bits per heavy atom. The number of nitrogens with zero attached hydrogens (tertiary/aromatic N) is 1. The number of amides is 2. The van der Waals surface area contributed by atoms with Crippen molar-refractivity contribution >= 4 is 11.8 Å². The zero-order valence-corrected chi connectivity index (χ0v) is 11.5. The van der Waals surface area contributed by atoms with E-state index in [4.69, 9.17) is 0 Å². The molecule has 1 aromatic carbocycles. The van der Waals surface area contributed by atoms with Crippen LogP contribution in [-0.4, -0.2) is 29.8 Å². The van der Waals surface area contributed by atoms with Gasteiger partial charge >= 0.3 is 0 Å². The second-order valence-corrected chi connectivity index (χ2v) is 5.64. The van der Waals surface area contributed by atoms with Gasteiger partial charge in [0.05, 0.1) is 12.0 Å². The van der Waals surface area contributed by atoms with E-state index < -0.39 is 0 Å². The zero-order valence-electron chi connectivity index (χ0n) is 11.5. The Hall–Kier alpha value is -1.84. The van der Waals surface area contributed by atoms with Crippen LogP contribution in [0.3, 0.4) is 0 Å². The third-order valence-corrected chi connectivity index (χ3v) is 4.33. The number of rotatable bonds is 2. The van der Waals surface area contributed by atoms with Crippen molar-refractivity contribution in [1.29, 1.82) is 0 Å². The Bertz CT molecular complexity index is 490. The van der Waals surface area contributed by atoms with Gasteiger partial charge < -0.3 is 10.2 Å². The number of likely N-dealkylation sites (tertiary alicyclic amines) is 1. The third-order valence-electron chi connectivity index (χ3n) is 4.33. The number of benzene rings is 1. The average molecular weight is 272 g/mol. The van der Waals surface area contributed by atoms with Crippen LogP contribution in [0, 0.1) is 5.92 Å². The van der Waals surface area contributed by atoms with E-state index in [-0.39, 0.29) is 23.8 Å². The van der Waals surface area contributed by atoms with Gasteiger partial charge in [-0.15, -0.1) is 0 Å². The predicted octanol–water partition coefficient (Wildman–Crippen LogP) is 1.88. The van der Waals surface area contributed by atoms with Crippen molar-refractivity contribution in [2.45, 2.75) is 31.7 Å². The fraction of sp³-hybridized carbons (Fsp3) is 0.500. The molecule has 4 heteroatoms. The molecule has 0 aromatic heterocycles. The van der Waals surface area contributed by atoms with E-state index in [9.17, 15) is 9.59 Å². The van der Waals surface area contributed by atoms with Crippen LogP contribution in [0.4, 0.5) is 0 Å². The summed E-state index contributed by atoms with van der Waals surface area (Å²) in [5.41, 5.74) is 1.22. The Labute approximate surface area is 119 Å². The summed E-state index contributed by atoms with van der Waals surface area (Å²) in [5, 5.41) is 2.80. The maximum Gasteiger partial charge on any atom is 0.227 e. The summed E-state index contributed by atoms with van der Waals surface area (Å²) >= 11 is 0. The van der Waals surface area contributed by atoms with E-state index in [1.807, 2.05) is 23.1 Å². The van der Waals surface area contributed by atoms with Gasteiger partial charge in [0, 0.05) is 19.5 Å². The van der Waals surface area contributed by atoms with Crippen molar-refractivity contribution in [2.75, 3.05) is 13.1 Å². The van der Waals surface area contributed by atoms with Gasteiger partial charge in [0.25, 0.3) is 0 Å². The van der Waals surface area contributed by atoms with Crippen LogP contribution in [0.2, 0.25) is 0 Å². The van der Waals surface area contributed by atoms with Gasteiger partial charge in [-0.05, 0) is 24.8 Å². The first kappa shape index (κ1) is 13.2. The zero-order chi connectivity index (χ0) is 13.9. The minimum Gasteiger partial charge on any atom is -0.355 e. The second-order valence-electron chi connectivity index (χ2n) is 5.64. The lowest BCUT2D eigenvalue weighted by molar-refractivity contribution is -0.138. The molecule has 2 atom stereocenters. The molecule has 2 heterocycles. The van der Waals surface area contributed by atoms with E-state index in [2.05, 4.69) is 17.4 Å². The highest BCUT2D eigenvalue weighted by Crippen LogP contribution is 2.33. The van der Waals surface area contributed by atoms with E-state index in [1.165, 1.54) is 5.56 Å². The van der Waals surface area contributed by atoms with Crippen LogP contribution in [0.5, 0.6) is 0 Å². The van der Waals surface area contributed by atoms with Crippen molar-refractivity contribution in [3.8, 4) is 0 Å². The van der Waals surface area contributed by atoms with Crippen LogP contribution in [0.1, 0.15) is 37.3 Å². The first-order chi connectivity index (χ1) is 9.75. The normalized spacial score (nSPS) is 26.4. The highest BCUT2D eigenvalue weighted by atomic mass is 16.2. The summed E-state index contributed by atoms with van der Waals surface area (Å²) < 4.78 is 0. The van der Waals surface area contributed by atoms with Crippen LogP contribution in [0.15, 0.2) is 30.3 Å². The average Bonchev–Trinajstić information content (AvgIpc) is 2.97. The van der Waals surface area contributed by atoms with Crippen molar-refractivity contribution in [3.63, 3.8) is 0 Å². The topological polar surface area (TPSA) is 49.4 Å². The molecule has 1 N–H and O–H groups in total. The molecule has 0 radical (unpaired) electrons. The molecular weight excluding hydrogens is 252 g/mol. The maximum absolute atomic E-state index is 12.7. The SMILES string of the molecule is O=C1CCC(C(=O)N2CCCC2c2ccccc2)CN1. The standard InChI is InChI=1S/C16H20N2O2/c19-15-9-8-13(11-17-15)16(20)18-10-4-7-14(18)12-5-2-1-3-6-12/h1-3,5-6,13-14H,4,7-11H2,(H,17,19). The second kappa shape index (κ2) is 5.65. The summed E-state index contributed by atoms with van der Waals surface area (Å²) in [4.78, 5) is 25.9. The van der Waals surface area contributed by atoms with Gasteiger partial charge in [0.15, 0.2) is 0 Å². The number of carbonyl (C=O) groups excluding carboxylic acids is 2. The van der Waals surface area contributed by atoms with E-state index >= 15 is 0 Å². The summed E-state index contributed by atoms with van der Waals surface area (Å²) in [7, 11) is 0. The van der Waals surface area contributed by atoms with Crippen LogP contribution in [-0.2, 0) is 9.59 Å². The van der Waals surface area contributed by atoms with Gasteiger partial charge in [-0.1, -0.05) is 30.3 Å². The lowest BCUT2D eigenvalue weighted by Gasteiger charge is -2.31. The van der Waals surface area contributed by atoms with Gasteiger partial charge in [0.2, 0.25) is 11.8 Å². The molecule has 0 spiro atoms.